The number of nitrogens with one attached hydrogen (secondary N) is 1. The maximum atomic E-state index is 13.8. The fourth-order valence-electron chi connectivity index (χ4n) is 4.17. The Morgan fingerprint density at radius 3 is 2.63 bits per heavy atom. The SMILES string of the molecule is C[C@H]1CCCCN1C(=O)c1cc2n(n1)[C@@H](C(F)(F)F)C[C@H](c1ccc(Cl)c(Cl)c1)N2. The summed E-state index contributed by atoms with van der Waals surface area (Å²) >= 11 is 12.0. The number of aromatic nitrogens is 2. The standard InChI is InChI=1S/C20H21Cl2F3N4O/c1-11-4-2-3-7-28(11)19(30)16-10-18-26-15(12-5-6-13(21)14(22)8-12)9-17(20(23,24)25)29(18)27-16/h5-6,8,10-11,15,17,26H,2-4,7,9H2,1H3/t11-,15+,17+/m0/s1. The molecule has 1 fully saturated rings. The Bertz CT molecular complexity index is 962. The molecule has 1 N–H and O–H groups in total. The highest BCUT2D eigenvalue weighted by Gasteiger charge is 2.47. The number of carbonyl (C=O) groups is 1. The minimum Gasteiger partial charge on any atom is -0.363 e. The van der Waals surface area contributed by atoms with E-state index in [2.05, 4.69) is 10.4 Å². The summed E-state index contributed by atoms with van der Waals surface area (Å²) < 4.78 is 42.4. The fourth-order valence-corrected chi connectivity index (χ4v) is 4.48. The molecule has 0 spiro atoms. The molecule has 0 radical (unpaired) electrons. The molecule has 0 unspecified atom stereocenters. The van der Waals surface area contributed by atoms with Crippen LogP contribution in [0.3, 0.4) is 0 Å². The molecule has 1 aromatic heterocycles. The summed E-state index contributed by atoms with van der Waals surface area (Å²) in [6, 6.07) is 3.71. The van der Waals surface area contributed by atoms with Gasteiger partial charge in [0.2, 0.25) is 0 Å². The number of fused-ring (bicyclic) bond motifs is 1. The number of hydrogen-bond donors (Lipinski definition) is 1. The monoisotopic (exact) mass is 460 g/mol. The zero-order valence-electron chi connectivity index (χ0n) is 16.2. The molecule has 1 aromatic carbocycles. The van der Waals surface area contributed by atoms with Crippen LogP contribution < -0.4 is 5.32 Å². The molecular weight excluding hydrogens is 440 g/mol. The van der Waals surface area contributed by atoms with Crippen molar-refractivity contribution in [2.45, 2.75) is 56.9 Å². The van der Waals surface area contributed by atoms with Crippen LogP contribution in [0.1, 0.15) is 60.7 Å². The van der Waals surface area contributed by atoms with E-state index >= 15 is 0 Å². The Morgan fingerprint density at radius 2 is 1.97 bits per heavy atom. The molecule has 2 aliphatic heterocycles. The summed E-state index contributed by atoms with van der Waals surface area (Å²) in [4.78, 5) is 14.6. The summed E-state index contributed by atoms with van der Waals surface area (Å²) in [5, 5.41) is 7.75. The molecule has 3 heterocycles. The molecular formula is C20H21Cl2F3N4O. The van der Waals surface area contributed by atoms with Crippen LogP contribution in [0.5, 0.6) is 0 Å². The van der Waals surface area contributed by atoms with E-state index in [1.807, 2.05) is 6.92 Å². The predicted molar refractivity (Wildman–Crippen MR) is 109 cm³/mol. The van der Waals surface area contributed by atoms with E-state index in [1.54, 1.807) is 23.1 Å². The van der Waals surface area contributed by atoms with Crippen molar-refractivity contribution in [2.75, 3.05) is 11.9 Å². The summed E-state index contributed by atoms with van der Waals surface area (Å²) in [5.74, 6) is -0.175. The first-order valence-electron chi connectivity index (χ1n) is 9.84. The molecule has 10 heteroatoms. The number of hydrogen-bond acceptors (Lipinski definition) is 3. The lowest BCUT2D eigenvalue weighted by atomic mass is 9.97. The molecule has 1 amide bonds. The van der Waals surface area contributed by atoms with Crippen LogP contribution in [0, 0.1) is 0 Å². The average Bonchev–Trinajstić information content (AvgIpc) is 3.12. The van der Waals surface area contributed by atoms with E-state index in [-0.39, 0.29) is 34.9 Å². The molecule has 5 nitrogen and oxygen atoms in total. The van der Waals surface area contributed by atoms with E-state index in [4.69, 9.17) is 23.2 Å². The largest absolute Gasteiger partial charge is 0.410 e. The lowest BCUT2D eigenvalue weighted by Gasteiger charge is -2.33. The Labute approximate surface area is 182 Å². The number of anilines is 1. The zero-order valence-corrected chi connectivity index (χ0v) is 17.7. The fraction of sp³-hybridized carbons (Fsp3) is 0.500. The van der Waals surface area contributed by atoms with E-state index in [0.29, 0.717) is 17.1 Å². The zero-order chi connectivity index (χ0) is 21.6. The number of alkyl halides is 3. The van der Waals surface area contributed by atoms with Gasteiger partial charge in [0.15, 0.2) is 11.7 Å². The van der Waals surface area contributed by atoms with Crippen LogP contribution in [0.2, 0.25) is 10.0 Å². The second-order valence-corrected chi connectivity index (χ2v) is 8.68. The van der Waals surface area contributed by atoms with Crippen LogP contribution >= 0.6 is 23.2 Å². The van der Waals surface area contributed by atoms with Gasteiger partial charge < -0.3 is 10.2 Å². The van der Waals surface area contributed by atoms with Crippen molar-refractivity contribution in [2.24, 2.45) is 0 Å². The van der Waals surface area contributed by atoms with Crippen molar-refractivity contribution < 1.29 is 18.0 Å². The number of carbonyl (C=O) groups excluding carboxylic acids is 1. The first-order chi connectivity index (χ1) is 14.1. The number of benzene rings is 1. The Balaban J connectivity index is 1.68. The van der Waals surface area contributed by atoms with Crippen LogP contribution in [0.25, 0.3) is 0 Å². The molecule has 0 aliphatic carbocycles. The Kier molecular flexibility index (Phi) is 5.66. The van der Waals surface area contributed by atoms with Crippen LogP contribution in [-0.4, -0.2) is 39.4 Å². The predicted octanol–water partition coefficient (Wildman–Crippen LogP) is 5.86. The maximum absolute atomic E-state index is 13.8. The van der Waals surface area contributed by atoms with Crippen LogP contribution in [0.15, 0.2) is 24.3 Å². The number of nitrogens with zero attached hydrogens (tertiary/aromatic N) is 3. The van der Waals surface area contributed by atoms with Crippen molar-refractivity contribution in [3.63, 3.8) is 0 Å². The molecule has 0 saturated carbocycles. The third kappa shape index (κ3) is 3.99. The first-order valence-corrected chi connectivity index (χ1v) is 10.6. The van der Waals surface area contributed by atoms with E-state index in [1.165, 1.54) is 6.07 Å². The highest BCUT2D eigenvalue weighted by atomic mass is 35.5. The number of amides is 1. The van der Waals surface area contributed by atoms with Crippen LogP contribution in [0.4, 0.5) is 19.0 Å². The van der Waals surface area contributed by atoms with Crippen molar-refractivity contribution >= 4 is 34.9 Å². The molecule has 162 valence electrons. The van der Waals surface area contributed by atoms with Gasteiger partial charge in [-0.15, -0.1) is 0 Å². The normalized spacial score (nSPS) is 24.3. The lowest BCUT2D eigenvalue weighted by Crippen LogP contribution is -2.42. The van der Waals surface area contributed by atoms with Crippen molar-refractivity contribution in [3.05, 3.63) is 45.6 Å². The summed E-state index contributed by atoms with van der Waals surface area (Å²) in [7, 11) is 0. The quantitative estimate of drug-likeness (QED) is 0.609. The van der Waals surface area contributed by atoms with Gasteiger partial charge in [0.25, 0.3) is 5.91 Å². The second-order valence-electron chi connectivity index (χ2n) is 7.87. The third-order valence-corrected chi connectivity index (χ3v) is 6.56. The minimum absolute atomic E-state index is 0.0234. The smallest absolute Gasteiger partial charge is 0.363 e. The van der Waals surface area contributed by atoms with Crippen LogP contribution in [-0.2, 0) is 0 Å². The minimum atomic E-state index is -4.52. The number of likely N-dealkylation sites (tertiary alicyclic amines) is 1. The number of rotatable bonds is 2. The average molecular weight is 461 g/mol. The van der Waals surface area contributed by atoms with Gasteiger partial charge >= 0.3 is 6.18 Å². The third-order valence-electron chi connectivity index (χ3n) is 5.82. The van der Waals surface area contributed by atoms with Gasteiger partial charge in [-0.3, -0.25) is 4.79 Å². The van der Waals surface area contributed by atoms with Gasteiger partial charge in [-0.1, -0.05) is 29.3 Å². The maximum Gasteiger partial charge on any atom is 0.410 e. The molecule has 0 bridgehead atoms. The topological polar surface area (TPSA) is 50.2 Å². The molecule has 1 saturated heterocycles. The van der Waals surface area contributed by atoms with Gasteiger partial charge in [-0.25, -0.2) is 4.68 Å². The lowest BCUT2D eigenvalue weighted by molar-refractivity contribution is -0.173. The van der Waals surface area contributed by atoms with Gasteiger partial charge in [-0.05, 0) is 43.9 Å². The summed E-state index contributed by atoms with van der Waals surface area (Å²) in [5.41, 5.74) is 0.610. The second kappa shape index (κ2) is 7.96. The van der Waals surface area contributed by atoms with Gasteiger partial charge in [0.05, 0.1) is 16.1 Å². The van der Waals surface area contributed by atoms with E-state index < -0.39 is 18.3 Å². The summed E-state index contributed by atoms with van der Waals surface area (Å²) in [6.45, 7) is 2.54. The van der Waals surface area contributed by atoms with Gasteiger partial charge in [0, 0.05) is 25.1 Å². The first kappa shape index (κ1) is 21.3. The number of piperidine rings is 1. The molecule has 2 aromatic rings. The summed E-state index contributed by atoms with van der Waals surface area (Å²) in [6.07, 6.45) is -2.00. The highest BCUT2D eigenvalue weighted by Crippen LogP contribution is 2.44. The van der Waals surface area contributed by atoms with Crippen molar-refractivity contribution in [1.82, 2.24) is 14.7 Å². The highest BCUT2D eigenvalue weighted by molar-refractivity contribution is 6.42. The molecule has 3 atom stereocenters. The Hall–Kier alpha value is -1.93. The number of halogens is 5. The molecule has 4 rings (SSSR count). The van der Waals surface area contributed by atoms with Gasteiger partial charge in [0.1, 0.15) is 5.82 Å². The van der Waals surface area contributed by atoms with E-state index in [9.17, 15) is 18.0 Å². The van der Waals surface area contributed by atoms with Crippen molar-refractivity contribution in [1.29, 1.82) is 0 Å². The van der Waals surface area contributed by atoms with Gasteiger partial charge in [-0.2, -0.15) is 18.3 Å². The van der Waals surface area contributed by atoms with Crippen molar-refractivity contribution in [3.8, 4) is 0 Å². The van der Waals surface area contributed by atoms with E-state index in [0.717, 1.165) is 23.9 Å². The Morgan fingerprint density at radius 1 is 1.20 bits per heavy atom. The molecule has 2 aliphatic rings. The molecule has 30 heavy (non-hydrogen) atoms.